The van der Waals surface area contributed by atoms with Gasteiger partial charge in [0, 0.05) is 37.2 Å². The predicted octanol–water partition coefficient (Wildman–Crippen LogP) is 3.29. The molecule has 25 heavy (non-hydrogen) atoms. The minimum Gasteiger partial charge on any atom is -0.383 e. The van der Waals surface area contributed by atoms with Crippen LogP contribution in [0.1, 0.15) is 20.8 Å². The summed E-state index contributed by atoms with van der Waals surface area (Å²) in [5, 5.41) is 6.05. The summed E-state index contributed by atoms with van der Waals surface area (Å²) in [5.74, 6) is 0. The summed E-state index contributed by atoms with van der Waals surface area (Å²) >= 11 is 1.52. The van der Waals surface area contributed by atoms with E-state index in [-0.39, 0.29) is 6.04 Å². The first-order chi connectivity index (χ1) is 11.9. The summed E-state index contributed by atoms with van der Waals surface area (Å²) in [5.41, 5.74) is 1.71. The number of hydrogen-bond acceptors (Lipinski definition) is 6. The number of ether oxygens (including phenoxy) is 1. The Morgan fingerprint density at radius 1 is 1.24 bits per heavy atom. The van der Waals surface area contributed by atoms with Crippen molar-refractivity contribution in [1.29, 1.82) is 0 Å². The largest absolute Gasteiger partial charge is 0.383 e. The van der Waals surface area contributed by atoms with Gasteiger partial charge in [-0.15, -0.1) is 11.3 Å². The first-order valence-electron chi connectivity index (χ1n) is 8.23. The van der Waals surface area contributed by atoms with Gasteiger partial charge in [-0.05, 0) is 19.1 Å². The lowest BCUT2D eigenvalue weighted by atomic mass is 10.2. The summed E-state index contributed by atoms with van der Waals surface area (Å²) in [6, 6.07) is 7.05. The maximum Gasteiger partial charge on any atom is 0.243 e. The van der Waals surface area contributed by atoms with Crippen molar-refractivity contribution in [2.24, 2.45) is 0 Å². The number of anilines is 1. The summed E-state index contributed by atoms with van der Waals surface area (Å²) in [4.78, 5) is 4.86. The Hall–Kier alpha value is -1.48. The molecule has 2 rings (SSSR count). The number of sulfonamides is 1. The van der Waals surface area contributed by atoms with Gasteiger partial charge in [0.2, 0.25) is 10.0 Å². The fourth-order valence-electron chi connectivity index (χ4n) is 2.49. The lowest BCUT2D eigenvalue weighted by Crippen LogP contribution is -2.30. The van der Waals surface area contributed by atoms with Gasteiger partial charge < -0.3 is 10.1 Å². The normalized spacial score (nSPS) is 13.2. The molecule has 2 aromatic rings. The van der Waals surface area contributed by atoms with E-state index >= 15 is 0 Å². The quantitative estimate of drug-likeness (QED) is 0.719. The van der Waals surface area contributed by atoms with Gasteiger partial charge in [-0.1, -0.05) is 26.0 Å². The van der Waals surface area contributed by atoms with Crippen molar-refractivity contribution in [3.05, 3.63) is 29.6 Å². The first kappa shape index (κ1) is 19.8. The molecule has 0 radical (unpaired) electrons. The highest BCUT2D eigenvalue weighted by atomic mass is 32.2. The van der Waals surface area contributed by atoms with E-state index in [9.17, 15) is 8.42 Å². The van der Waals surface area contributed by atoms with Crippen LogP contribution >= 0.6 is 11.3 Å². The molecule has 138 valence electrons. The molecule has 1 N–H and O–H groups in total. The van der Waals surface area contributed by atoms with Crippen LogP contribution in [0.15, 0.2) is 34.5 Å². The molecule has 0 unspecified atom stereocenters. The molecule has 0 saturated heterocycles. The van der Waals surface area contributed by atoms with Crippen molar-refractivity contribution >= 4 is 26.5 Å². The van der Waals surface area contributed by atoms with E-state index in [2.05, 4.69) is 10.3 Å². The van der Waals surface area contributed by atoms with Crippen LogP contribution in [0.2, 0.25) is 0 Å². The lowest BCUT2D eigenvalue weighted by molar-refractivity contribution is 0.190. The molecule has 8 heteroatoms. The molecule has 0 aliphatic carbocycles. The minimum absolute atomic E-state index is 0.172. The topological polar surface area (TPSA) is 71.5 Å². The fourth-order valence-corrected chi connectivity index (χ4v) is 4.78. The number of methoxy groups -OCH3 is 1. The molecular formula is C17H25N3O3S2. The third-order valence-corrected chi connectivity index (χ3v) is 6.62. The van der Waals surface area contributed by atoms with Gasteiger partial charge in [-0.2, -0.15) is 4.31 Å². The van der Waals surface area contributed by atoms with E-state index in [1.54, 1.807) is 31.4 Å². The smallest absolute Gasteiger partial charge is 0.243 e. The molecule has 1 aromatic heterocycles. The number of hydrogen-bond donors (Lipinski definition) is 1. The van der Waals surface area contributed by atoms with E-state index in [1.807, 2.05) is 26.2 Å². The molecule has 1 atom stereocenters. The summed E-state index contributed by atoms with van der Waals surface area (Å²) in [6.45, 7) is 7.22. The summed E-state index contributed by atoms with van der Waals surface area (Å²) < 4.78 is 31.6. The molecule has 0 fully saturated rings. The highest BCUT2D eigenvalue weighted by molar-refractivity contribution is 7.89. The Balaban J connectivity index is 2.16. The van der Waals surface area contributed by atoms with Crippen molar-refractivity contribution in [3.8, 4) is 11.3 Å². The maximum absolute atomic E-state index is 12.5. The van der Waals surface area contributed by atoms with Gasteiger partial charge in [-0.25, -0.2) is 13.4 Å². The molecule has 6 nitrogen and oxygen atoms in total. The molecule has 0 saturated carbocycles. The van der Waals surface area contributed by atoms with Gasteiger partial charge in [0.05, 0.1) is 17.2 Å². The van der Waals surface area contributed by atoms with Crippen LogP contribution in [0.4, 0.5) is 5.13 Å². The Morgan fingerprint density at radius 3 is 2.44 bits per heavy atom. The van der Waals surface area contributed by atoms with Gasteiger partial charge >= 0.3 is 0 Å². The third kappa shape index (κ3) is 4.78. The van der Waals surface area contributed by atoms with E-state index < -0.39 is 10.0 Å². The molecule has 0 amide bonds. The number of aromatic nitrogens is 1. The Morgan fingerprint density at radius 2 is 1.88 bits per heavy atom. The highest BCUT2D eigenvalue weighted by Gasteiger charge is 2.21. The Kier molecular flexibility index (Phi) is 6.95. The Bertz CT molecular complexity index is 769. The van der Waals surface area contributed by atoms with E-state index in [0.29, 0.717) is 24.6 Å². The monoisotopic (exact) mass is 383 g/mol. The second-order valence-corrected chi connectivity index (χ2v) is 8.45. The summed E-state index contributed by atoms with van der Waals surface area (Å²) in [7, 11) is -1.76. The zero-order chi connectivity index (χ0) is 18.4. The minimum atomic E-state index is -3.43. The number of nitrogens with one attached hydrogen (secondary N) is 1. The van der Waals surface area contributed by atoms with Gasteiger partial charge in [0.1, 0.15) is 0 Å². The molecule has 0 aliphatic heterocycles. The standard InChI is InChI=1S/C17H25N3O3S2/c1-5-20(6-2)25(21,22)15-9-7-14(8-10-15)16-12-24-17(19-16)18-13(3)11-23-4/h7-10,12-13H,5-6,11H2,1-4H3,(H,18,19)/t13-/m0/s1. The van der Waals surface area contributed by atoms with Crippen LogP contribution in [0.25, 0.3) is 11.3 Å². The molecule has 0 bridgehead atoms. The fraction of sp³-hybridized carbons (Fsp3) is 0.471. The highest BCUT2D eigenvalue weighted by Crippen LogP contribution is 2.27. The van der Waals surface area contributed by atoms with E-state index in [1.165, 1.54) is 15.6 Å². The van der Waals surface area contributed by atoms with E-state index in [4.69, 9.17) is 4.74 Å². The molecule has 1 aromatic carbocycles. The van der Waals surface area contributed by atoms with Crippen LogP contribution in [-0.2, 0) is 14.8 Å². The molecular weight excluding hydrogens is 358 g/mol. The van der Waals surface area contributed by atoms with Crippen molar-refractivity contribution in [2.75, 3.05) is 32.1 Å². The third-order valence-electron chi connectivity index (χ3n) is 3.78. The number of rotatable bonds is 9. The second-order valence-electron chi connectivity index (χ2n) is 5.65. The van der Waals surface area contributed by atoms with Crippen molar-refractivity contribution < 1.29 is 13.2 Å². The second kappa shape index (κ2) is 8.75. The van der Waals surface area contributed by atoms with Crippen LogP contribution in [0.3, 0.4) is 0 Å². The first-order valence-corrected chi connectivity index (χ1v) is 10.6. The maximum atomic E-state index is 12.5. The van der Waals surface area contributed by atoms with Crippen molar-refractivity contribution in [2.45, 2.75) is 31.7 Å². The van der Waals surface area contributed by atoms with Gasteiger partial charge in [0.25, 0.3) is 0 Å². The lowest BCUT2D eigenvalue weighted by Gasteiger charge is -2.18. The van der Waals surface area contributed by atoms with Crippen LogP contribution in [0.5, 0.6) is 0 Å². The Labute approximate surface area is 153 Å². The van der Waals surface area contributed by atoms with Crippen LogP contribution in [-0.4, -0.2) is 50.6 Å². The zero-order valence-electron chi connectivity index (χ0n) is 15.0. The average Bonchev–Trinajstić information content (AvgIpc) is 3.04. The van der Waals surface area contributed by atoms with Crippen molar-refractivity contribution in [3.63, 3.8) is 0 Å². The number of benzene rings is 1. The van der Waals surface area contributed by atoms with Crippen molar-refractivity contribution in [1.82, 2.24) is 9.29 Å². The molecule has 0 aliphatic rings. The zero-order valence-corrected chi connectivity index (χ0v) is 16.7. The van der Waals surface area contributed by atoms with E-state index in [0.717, 1.165) is 16.4 Å². The summed E-state index contributed by atoms with van der Waals surface area (Å²) in [6.07, 6.45) is 0. The van der Waals surface area contributed by atoms with Gasteiger partial charge in [0.15, 0.2) is 5.13 Å². The molecule has 1 heterocycles. The SMILES string of the molecule is CCN(CC)S(=O)(=O)c1ccc(-c2csc(N[C@@H](C)COC)n2)cc1. The van der Waals surface area contributed by atoms with Gasteiger partial charge in [-0.3, -0.25) is 0 Å². The van der Waals surface area contributed by atoms with Crippen LogP contribution in [0, 0.1) is 0 Å². The average molecular weight is 384 g/mol. The number of nitrogens with zero attached hydrogens (tertiary/aromatic N) is 2. The number of thiazole rings is 1. The molecule has 0 spiro atoms. The van der Waals surface area contributed by atoms with Crippen LogP contribution < -0.4 is 5.32 Å². The predicted molar refractivity (Wildman–Crippen MR) is 103 cm³/mol.